The summed E-state index contributed by atoms with van der Waals surface area (Å²) in [6.07, 6.45) is 3.47. The molecule has 1 N–H and O–H groups in total. The van der Waals surface area contributed by atoms with Gasteiger partial charge in [0, 0.05) is 92.7 Å². The van der Waals surface area contributed by atoms with E-state index >= 15 is 0 Å². The summed E-state index contributed by atoms with van der Waals surface area (Å²) in [7, 11) is 0. The molecule has 420 valence electrons. The number of anilines is 4. The second-order valence-electron chi connectivity index (χ2n) is 21.4. The number of hydrogen-bond donors (Lipinski definition) is 1. The predicted molar refractivity (Wildman–Crippen MR) is 315 cm³/mol. The first-order valence-corrected chi connectivity index (χ1v) is 28.9. The highest BCUT2D eigenvalue weighted by Crippen LogP contribution is 2.42. The molecule has 0 aliphatic carbocycles. The van der Waals surface area contributed by atoms with E-state index in [1.54, 1.807) is 17.1 Å². The summed E-state index contributed by atoms with van der Waals surface area (Å²) in [6.45, 7) is 27.3. The van der Waals surface area contributed by atoms with E-state index in [0.29, 0.717) is 42.1 Å². The highest BCUT2D eigenvalue weighted by atomic mass is 127. The Labute approximate surface area is 473 Å². The lowest BCUT2D eigenvalue weighted by atomic mass is 9.87. The Morgan fingerprint density at radius 1 is 0.667 bits per heavy atom. The smallest absolute Gasteiger partial charge is 0.338 e. The van der Waals surface area contributed by atoms with E-state index in [1.165, 1.54) is 18.5 Å². The minimum Gasteiger partial charge on any atom is -0.508 e. The Kier molecular flexibility index (Phi) is 21.4. The maximum atomic E-state index is 15.0. The van der Waals surface area contributed by atoms with Gasteiger partial charge in [0.2, 0.25) is 0 Å². The fourth-order valence-corrected chi connectivity index (χ4v) is 9.56. The number of ether oxygens (including phenoxy) is 4. The summed E-state index contributed by atoms with van der Waals surface area (Å²) in [5.74, 6) is -0.760. The van der Waals surface area contributed by atoms with Crippen LogP contribution in [0.2, 0.25) is 0 Å². The number of nitrogens with zero attached hydrogens (tertiary/aromatic N) is 7. The van der Waals surface area contributed by atoms with Gasteiger partial charge in [0.1, 0.15) is 52.6 Å². The number of halogens is 3. The molecule has 0 radical (unpaired) electrons. The largest absolute Gasteiger partial charge is 0.508 e. The van der Waals surface area contributed by atoms with Gasteiger partial charge in [-0.25, -0.2) is 28.0 Å². The van der Waals surface area contributed by atoms with Crippen LogP contribution in [-0.4, -0.2) is 114 Å². The van der Waals surface area contributed by atoms with Gasteiger partial charge in [-0.2, -0.15) is 5.10 Å². The van der Waals surface area contributed by atoms with Crippen molar-refractivity contribution in [1.82, 2.24) is 14.8 Å². The summed E-state index contributed by atoms with van der Waals surface area (Å²) < 4.78 is 53.7. The number of phenolic OH excluding ortho intramolecular Hbond substituents is 1. The topological polar surface area (TPSA) is 135 Å². The molecular weight excluding hydrogens is 1110 g/mol. The van der Waals surface area contributed by atoms with E-state index in [0.717, 1.165) is 98.1 Å². The second kappa shape index (κ2) is 27.4. The van der Waals surface area contributed by atoms with Gasteiger partial charge in [0.15, 0.2) is 0 Å². The van der Waals surface area contributed by atoms with Crippen molar-refractivity contribution >= 4 is 57.3 Å². The fraction of sp³-hybridized carbons (Fsp3) is 0.443. The van der Waals surface area contributed by atoms with Gasteiger partial charge in [-0.05, 0) is 169 Å². The van der Waals surface area contributed by atoms with Crippen molar-refractivity contribution in [3.05, 3.63) is 155 Å². The average Bonchev–Trinajstić information content (AvgIpc) is 4.14. The van der Waals surface area contributed by atoms with Crippen molar-refractivity contribution in [2.75, 3.05) is 90.1 Å². The first kappa shape index (κ1) is 60.8. The molecule has 3 fully saturated rings. The molecule has 0 bridgehead atoms. The minimum absolute atomic E-state index is 0.00618. The number of piperazine rings is 2. The molecule has 0 amide bonds. The number of carbonyl (C=O) groups is 2. The standard InChI is InChI=1S/C36H41F2N5O4.C22H28N2O3.C2H6.CH3I/c1-25-17-30(42-15-13-41(14-16-42)29-8-5-27(6-9-29)34(44)47-35(2,3)4)10-12-33(25)45-20-26-19-36(46-21-26,22-43-24-39-23-40-43)31-11-7-28(37)18-32(31)38;1-16-15-19(9-10-20(16)25)24-13-11-23(12-14-24)18-7-5-17(6-8-18)21(26)27-22(2,3)4;2*1-2/h5-12,17-18,23-24,26H,13-16,19-22H2,1-4H3;5-10,15,25H,11-14H2,1-4H3;1-2H3;1H3/t26-,36+;;;/m1.../s1. The number of rotatable bonds is 12. The van der Waals surface area contributed by atoms with Crippen LogP contribution in [0.15, 0.2) is 116 Å². The Balaban J connectivity index is 0.000000269. The van der Waals surface area contributed by atoms with E-state index in [-0.39, 0.29) is 24.4 Å². The van der Waals surface area contributed by atoms with Gasteiger partial charge in [0.05, 0.1) is 30.9 Å². The van der Waals surface area contributed by atoms with Crippen molar-refractivity contribution < 1.29 is 42.4 Å². The van der Waals surface area contributed by atoms with Crippen LogP contribution < -0.4 is 24.3 Å². The molecule has 14 nitrogen and oxygen atoms in total. The third kappa shape index (κ3) is 16.5. The normalized spacial score (nSPS) is 17.4. The van der Waals surface area contributed by atoms with E-state index in [1.807, 2.05) is 141 Å². The van der Waals surface area contributed by atoms with Crippen LogP contribution in [0, 0.1) is 31.4 Å². The van der Waals surface area contributed by atoms with E-state index < -0.39 is 28.4 Å². The molecule has 3 aliphatic heterocycles. The van der Waals surface area contributed by atoms with E-state index in [9.17, 15) is 23.5 Å². The van der Waals surface area contributed by atoms with Gasteiger partial charge in [-0.3, -0.25) is 0 Å². The number of benzene rings is 5. The van der Waals surface area contributed by atoms with Crippen molar-refractivity contribution in [3.8, 4) is 11.5 Å². The number of alkyl halides is 1. The van der Waals surface area contributed by atoms with Gasteiger partial charge >= 0.3 is 11.9 Å². The molecule has 1 aromatic heterocycles. The summed E-state index contributed by atoms with van der Waals surface area (Å²) >= 11 is 2.15. The summed E-state index contributed by atoms with van der Waals surface area (Å²) in [6, 6.07) is 30.8. The number of aromatic hydroxyl groups is 1. The second-order valence-corrected chi connectivity index (χ2v) is 21.4. The molecule has 5 aromatic carbocycles. The molecule has 3 aliphatic rings. The molecule has 6 aromatic rings. The van der Waals surface area contributed by atoms with Gasteiger partial charge in [-0.15, -0.1) is 0 Å². The zero-order chi connectivity index (χ0) is 56.8. The van der Waals surface area contributed by atoms with Crippen LogP contribution >= 0.6 is 22.6 Å². The van der Waals surface area contributed by atoms with Crippen LogP contribution in [0.3, 0.4) is 0 Å². The van der Waals surface area contributed by atoms with Crippen molar-refractivity contribution in [2.24, 2.45) is 5.92 Å². The monoisotopic (exact) mass is 1190 g/mol. The Hall–Kier alpha value is -6.47. The van der Waals surface area contributed by atoms with Gasteiger partial charge in [0.25, 0.3) is 0 Å². The molecule has 0 saturated carbocycles. The minimum atomic E-state index is -1.01. The van der Waals surface area contributed by atoms with Gasteiger partial charge in [-0.1, -0.05) is 42.5 Å². The molecule has 0 unspecified atom stereocenters. The molecule has 3 saturated heterocycles. The van der Waals surface area contributed by atoms with Crippen molar-refractivity contribution in [1.29, 1.82) is 0 Å². The van der Waals surface area contributed by atoms with Crippen LogP contribution in [0.4, 0.5) is 31.5 Å². The zero-order valence-electron chi connectivity index (χ0n) is 47.2. The molecule has 78 heavy (non-hydrogen) atoms. The molecule has 17 heteroatoms. The number of esters is 2. The Morgan fingerprint density at radius 3 is 1.56 bits per heavy atom. The van der Waals surface area contributed by atoms with Gasteiger partial charge < -0.3 is 43.7 Å². The number of aryl methyl sites for hydroxylation is 2. The maximum absolute atomic E-state index is 15.0. The Morgan fingerprint density at radius 2 is 1.13 bits per heavy atom. The van der Waals surface area contributed by atoms with Crippen molar-refractivity contribution in [3.63, 3.8) is 0 Å². The third-order valence-electron chi connectivity index (χ3n) is 13.4. The lowest BCUT2D eigenvalue weighted by Gasteiger charge is -2.37. The summed E-state index contributed by atoms with van der Waals surface area (Å²) in [5.41, 5.74) is 5.80. The SMILES string of the molecule is CC.CI.Cc1cc(N2CCN(c3ccc(C(=O)OC(C)(C)C)cc3)CC2)ccc1O.Cc1cc(N2CCN(c3ccc(C(=O)OC(C)(C)C)cc3)CC2)ccc1OC[C@@H]1CO[C@@](Cn2cncn2)(c2ccc(F)cc2F)C1. The quantitative estimate of drug-likeness (QED) is 0.0708. The fourth-order valence-electron chi connectivity index (χ4n) is 9.56. The highest BCUT2D eigenvalue weighted by molar-refractivity contribution is 14.1. The number of aromatic nitrogens is 3. The zero-order valence-corrected chi connectivity index (χ0v) is 49.4. The van der Waals surface area contributed by atoms with E-state index in [4.69, 9.17) is 18.9 Å². The molecular formula is C61H78F2IN7O7. The third-order valence-corrected chi connectivity index (χ3v) is 13.4. The summed E-state index contributed by atoms with van der Waals surface area (Å²) in [4.78, 5) is 39.8. The molecule has 4 heterocycles. The highest BCUT2D eigenvalue weighted by Gasteiger charge is 2.45. The lowest BCUT2D eigenvalue weighted by molar-refractivity contribution is -0.0206. The van der Waals surface area contributed by atoms with Crippen molar-refractivity contribution in [2.45, 2.75) is 99.0 Å². The first-order valence-electron chi connectivity index (χ1n) is 26.7. The van der Waals surface area contributed by atoms with Crippen LogP contribution in [-0.2, 0) is 26.4 Å². The predicted octanol–water partition coefficient (Wildman–Crippen LogP) is 12.2. The maximum Gasteiger partial charge on any atom is 0.338 e. The Bertz CT molecular complexity index is 2860. The van der Waals surface area contributed by atoms with Crippen LogP contribution in [0.25, 0.3) is 0 Å². The van der Waals surface area contributed by atoms with Crippen LogP contribution in [0.1, 0.15) is 99.2 Å². The molecule has 0 spiro atoms. The van der Waals surface area contributed by atoms with Crippen LogP contribution in [0.5, 0.6) is 11.5 Å². The average molecular weight is 1190 g/mol. The summed E-state index contributed by atoms with van der Waals surface area (Å²) in [5, 5.41) is 13.9. The number of hydrogen-bond acceptors (Lipinski definition) is 13. The van der Waals surface area contributed by atoms with E-state index in [2.05, 4.69) is 64.4 Å². The molecule has 2 atom stereocenters. The lowest BCUT2D eigenvalue weighted by Crippen LogP contribution is -2.46. The first-order chi connectivity index (χ1) is 37.2. The molecule has 9 rings (SSSR count). The number of phenols is 1. The number of carbonyl (C=O) groups excluding carboxylic acids is 2.